The second kappa shape index (κ2) is 9.63. The minimum Gasteiger partial charge on any atom is -0.277 e. The van der Waals surface area contributed by atoms with Gasteiger partial charge < -0.3 is 0 Å². The van der Waals surface area contributed by atoms with E-state index in [1.54, 1.807) is 30.9 Å². The van der Waals surface area contributed by atoms with Crippen molar-refractivity contribution in [1.82, 2.24) is 24.5 Å². The number of benzene rings is 1. The summed E-state index contributed by atoms with van der Waals surface area (Å²) in [7, 11) is -3.91. The average molecular weight is 574 g/mol. The van der Waals surface area contributed by atoms with Crippen molar-refractivity contribution in [3.63, 3.8) is 0 Å². The van der Waals surface area contributed by atoms with Crippen LogP contribution in [0.1, 0.15) is 60.7 Å². The zero-order chi connectivity index (χ0) is 28.4. The van der Waals surface area contributed by atoms with Gasteiger partial charge >= 0.3 is 0 Å². The molecule has 0 amide bonds. The number of aromatic nitrogens is 5. The molecular formula is C27H26ClF2N5O3S. The van der Waals surface area contributed by atoms with Gasteiger partial charge in [-0.15, -0.1) is 0 Å². The van der Waals surface area contributed by atoms with Crippen molar-refractivity contribution >= 4 is 21.4 Å². The van der Waals surface area contributed by atoms with E-state index < -0.39 is 37.6 Å². The Labute approximate surface area is 229 Å². The fourth-order valence-electron chi connectivity index (χ4n) is 4.86. The van der Waals surface area contributed by atoms with Crippen molar-refractivity contribution in [3.05, 3.63) is 86.2 Å². The molecule has 0 bridgehead atoms. The standard InChI is InChI=1S/C27H26ClF2N5O3S/c1-13(2)35-32-12-20(33-35)18-10-17(18)19-9-15(4)34(27(36)22(19)28)26-14(3)11-31-25(24(26)30)16-7-6-8-21(23(16)29)39(5,37)38/h6-9,11-13,17-18H,10H2,1-5H3/t17-,18-/m0/s1. The molecule has 0 radical (unpaired) electrons. The molecule has 0 unspecified atom stereocenters. The van der Waals surface area contributed by atoms with Gasteiger partial charge in [-0.05, 0) is 69.4 Å². The second-order valence-electron chi connectivity index (χ2n) is 10.2. The van der Waals surface area contributed by atoms with Crippen molar-refractivity contribution in [2.24, 2.45) is 0 Å². The normalized spacial score (nSPS) is 17.2. The van der Waals surface area contributed by atoms with E-state index in [1.165, 1.54) is 18.3 Å². The summed E-state index contributed by atoms with van der Waals surface area (Å²) in [5, 5.41) is 8.79. The van der Waals surface area contributed by atoms with Crippen LogP contribution in [-0.2, 0) is 9.84 Å². The molecule has 1 aliphatic rings. The Balaban J connectivity index is 1.59. The van der Waals surface area contributed by atoms with Crippen molar-refractivity contribution in [2.75, 3.05) is 6.26 Å². The zero-order valence-electron chi connectivity index (χ0n) is 21.9. The first-order valence-electron chi connectivity index (χ1n) is 12.3. The zero-order valence-corrected chi connectivity index (χ0v) is 23.5. The molecule has 4 aromatic rings. The van der Waals surface area contributed by atoms with Crippen molar-refractivity contribution in [2.45, 2.75) is 56.9 Å². The summed E-state index contributed by atoms with van der Waals surface area (Å²) in [6, 6.07) is 5.53. The first-order valence-corrected chi connectivity index (χ1v) is 14.6. The largest absolute Gasteiger partial charge is 0.277 e. The molecule has 1 aromatic carbocycles. The van der Waals surface area contributed by atoms with E-state index in [0.717, 1.165) is 29.0 Å². The molecular weight excluding hydrogens is 548 g/mol. The van der Waals surface area contributed by atoms with Gasteiger partial charge in [-0.25, -0.2) is 17.2 Å². The van der Waals surface area contributed by atoms with Crippen molar-refractivity contribution < 1.29 is 17.2 Å². The third kappa shape index (κ3) is 4.67. The monoisotopic (exact) mass is 573 g/mol. The van der Waals surface area contributed by atoms with Gasteiger partial charge in [0.1, 0.15) is 15.6 Å². The molecule has 1 fully saturated rings. The Kier molecular flexibility index (Phi) is 6.70. The fourth-order valence-corrected chi connectivity index (χ4v) is 5.90. The van der Waals surface area contributed by atoms with E-state index in [2.05, 4.69) is 15.2 Å². The molecule has 8 nitrogen and oxygen atoms in total. The van der Waals surface area contributed by atoms with Gasteiger partial charge in [0, 0.05) is 29.6 Å². The van der Waals surface area contributed by atoms with Gasteiger partial charge in [0.25, 0.3) is 5.56 Å². The van der Waals surface area contributed by atoms with Crippen molar-refractivity contribution in [3.8, 4) is 16.9 Å². The SMILES string of the molecule is Cc1cnc(-c2cccc(S(C)(=O)=O)c2F)c(F)c1-n1c(C)cc([C@H]2C[C@@H]2c2cnn(C(C)C)n2)c(Cl)c1=O. The molecule has 39 heavy (non-hydrogen) atoms. The van der Waals surface area contributed by atoms with E-state index >= 15 is 8.78 Å². The van der Waals surface area contributed by atoms with Gasteiger partial charge in [0.05, 0.1) is 23.6 Å². The Morgan fingerprint density at radius 1 is 1.10 bits per heavy atom. The lowest BCUT2D eigenvalue weighted by Crippen LogP contribution is -2.24. The minimum atomic E-state index is -3.91. The lowest BCUT2D eigenvalue weighted by Gasteiger charge is -2.18. The number of sulfone groups is 1. The molecule has 0 N–H and O–H groups in total. The van der Waals surface area contributed by atoms with Crippen molar-refractivity contribution in [1.29, 1.82) is 0 Å². The van der Waals surface area contributed by atoms with Crippen LogP contribution in [0, 0.1) is 25.5 Å². The van der Waals surface area contributed by atoms with Crippen LogP contribution in [0.2, 0.25) is 5.02 Å². The highest BCUT2D eigenvalue weighted by Crippen LogP contribution is 2.55. The second-order valence-corrected chi connectivity index (χ2v) is 12.5. The predicted octanol–water partition coefficient (Wildman–Crippen LogP) is 5.29. The number of pyridine rings is 2. The lowest BCUT2D eigenvalue weighted by atomic mass is 10.1. The summed E-state index contributed by atoms with van der Waals surface area (Å²) in [5.74, 6) is -2.04. The first kappa shape index (κ1) is 27.1. The van der Waals surface area contributed by atoms with E-state index in [-0.39, 0.29) is 34.2 Å². The van der Waals surface area contributed by atoms with Gasteiger partial charge in [-0.1, -0.05) is 17.7 Å². The molecule has 204 valence electrons. The van der Waals surface area contributed by atoms with Crippen LogP contribution in [0.5, 0.6) is 0 Å². The minimum absolute atomic E-state index is 0.0253. The van der Waals surface area contributed by atoms with E-state index in [4.69, 9.17) is 11.6 Å². The Hall–Kier alpha value is -3.44. The summed E-state index contributed by atoms with van der Waals surface area (Å²) in [4.78, 5) is 18.6. The molecule has 3 heterocycles. The highest BCUT2D eigenvalue weighted by Gasteiger charge is 2.43. The van der Waals surface area contributed by atoms with Crippen LogP contribution in [-0.4, -0.2) is 39.2 Å². The van der Waals surface area contributed by atoms with Crippen LogP contribution in [0.3, 0.4) is 0 Å². The van der Waals surface area contributed by atoms with Crippen LogP contribution < -0.4 is 5.56 Å². The summed E-state index contributed by atoms with van der Waals surface area (Å²) in [5.41, 5.74) is 0.727. The summed E-state index contributed by atoms with van der Waals surface area (Å²) >= 11 is 6.58. The number of rotatable bonds is 6. The van der Waals surface area contributed by atoms with Gasteiger partial charge in [0.15, 0.2) is 21.5 Å². The van der Waals surface area contributed by atoms with Crippen LogP contribution in [0.4, 0.5) is 8.78 Å². The Morgan fingerprint density at radius 3 is 2.46 bits per heavy atom. The van der Waals surface area contributed by atoms with E-state index in [1.807, 2.05) is 13.8 Å². The Morgan fingerprint density at radius 2 is 1.82 bits per heavy atom. The molecule has 12 heteroatoms. The number of halogens is 3. The van der Waals surface area contributed by atoms with Gasteiger partial charge in [-0.3, -0.25) is 14.3 Å². The average Bonchev–Trinajstić information content (AvgIpc) is 3.49. The molecule has 0 saturated heterocycles. The number of hydrogen-bond acceptors (Lipinski definition) is 6. The van der Waals surface area contributed by atoms with E-state index in [0.29, 0.717) is 16.8 Å². The quantitative estimate of drug-likeness (QED) is 0.310. The van der Waals surface area contributed by atoms with Crippen LogP contribution >= 0.6 is 11.6 Å². The number of hydrogen-bond donors (Lipinski definition) is 0. The smallest absolute Gasteiger partial charge is 0.274 e. The van der Waals surface area contributed by atoms with Gasteiger partial charge in [-0.2, -0.15) is 15.0 Å². The summed E-state index contributed by atoms with van der Waals surface area (Å²) in [6.07, 6.45) is 4.65. The third-order valence-corrected chi connectivity index (χ3v) is 8.43. The molecule has 0 spiro atoms. The molecule has 0 aliphatic heterocycles. The third-order valence-electron chi connectivity index (χ3n) is 6.94. The Bertz CT molecular complexity index is 1800. The number of aryl methyl sites for hydroxylation is 2. The lowest BCUT2D eigenvalue weighted by molar-refractivity contribution is 0.463. The van der Waals surface area contributed by atoms with Gasteiger partial charge in [0.2, 0.25) is 0 Å². The summed E-state index contributed by atoms with van der Waals surface area (Å²) < 4.78 is 56.4. The maximum atomic E-state index is 16.0. The molecule has 3 aromatic heterocycles. The number of nitrogens with zero attached hydrogens (tertiary/aromatic N) is 5. The molecule has 2 atom stereocenters. The highest BCUT2D eigenvalue weighted by molar-refractivity contribution is 7.90. The first-order chi connectivity index (χ1) is 18.3. The van der Waals surface area contributed by atoms with E-state index in [9.17, 15) is 13.2 Å². The molecule has 1 aliphatic carbocycles. The topological polar surface area (TPSA) is 99.7 Å². The maximum absolute atomic E-state index is 16.0. The molecule has 1 saturated carbocycles. The van der Waals surface area contributed by atoms with Crippen LogP contribution in [0.25, 0.3) is 16.9 Å². The summed E-state index contributed by atoms with van der Waals surface area (Å²) in [6.45, 7) is 7.20. The predicted molar refractivity (Wildman–Crippen MR) is 143 cm³/mol. The molecule has 5 rings (SSSR count). The maximum Gasteiger partial charge on any atom is 0.274 e. The highest BCUT2D eigenvalue weighted by atomic mass is 35.5. The fraction of sp³-hybridized carbons (Fsp3) is 0.333. The van der Waals surface area contributed by atoms with Crippen LogP contribution in [0.15, 0.2) is 46.3 Å².